The average Bonchev–Trinajstić information content (AvgIpc) is 3.10. The van der Waals surface area contributed by atoms with Crippen LogP contribution in [0.4, 0.5) is 0 Å². The van der Waals surface area contributed by atoms with Crippen LogP contribution < -0.4 is 9.47 Å². The van der Waals surface area contributed by atoms with Crippen LogP contribution >= 0.6 is 0 Å². The Balaban J connectivity index is 1.86. The van der Waals surface area contributed by atoms with Gasteiger partial charge in [-0.15, -0.1) is 0 Å². The molecule has 1 aliphatic heterocycles. The molecule has 0 amide bonds. The molecule has 0 aliphatic carbocycles. The minimum absolute atomic E-state index is 0.297. The molecule has 2 aromatic rings. The zero-order valence-electron chi connectivity index (χ0n) is 18.1. The summed E-state index contributed by atoms with van der Waals surface area (Å²) in [4.78, 5) is 15.3. The predicted molar refractivity (Wildman–Crippen MR) is 115 cm³/mol. The molecule has 1 heterocycles. The molecule has 0 spiro atoms. The molecule has 0 aromatic heterocycles. The number of esters is 1. The van der Waals surface area contributed by atoms with Gasteiger partial charge in [0.2, 0.25) is 0 Å². The van der Waals surface area contributed by atoms with Crippen LogP contribution in [0.15, 0.2) is 48.5 Å². The second-order valence-electron chi connectivity index (χ2n) is 8.01. The summed E-state index contributed by atoms with van der Waals surface area (Å²) in [5.41, 5.74) is 1.20. The molecule has 0 unspecified atom stereocenters. The number of hydrogen-bond donors (Lipinski definition) is 1. The topological polar surface area (TPSA) is 68.2 Å². The first-order valence-electron chi connectivity index (χ1n) is 10.2. The van der Waals surface area contributed by atoms with Crippen LogP contribution in [0, 0.1) is 0 Å². The van der Waals surface area contributed by atoms with Crippen molar-refractivity contribution in [1.82, 2.24) is 4.90 Å². The third-order valence-corrected chi connectivity index (χ3v) is 5.89. The molecular formula is C24H31NO5. The molecule has 0 radical (unpaired) electrons. The second kappa shape index (κ2) is 9.49. The molecule has 162 valence electrons. The number of cyclic esters (lactones) is 1. The SMILES string of the molecule is COc1ccc([C@@]2(CCN(C)Cc3ccccc3)C[C@H]([C@@H](C)O)OC2=O)cc1OC. The highest BCUT2D eigenvalue weighted by atomic mass is 16.6. The van der Waals surface area contributed by atoms with Crippen molar-refractivity contribution < 1.29 is 24.1 Å². The molecule has 1 saturated heterocycles. The number of aliphatic hydroxyl groups is 1. The Hall–Kier alpha value is -2.57. The summed E-state index contributed by atoms with van der Waals surface area (Å²) in [5, 5.41) is 10.1. The summed E-state index contributed by atoms with van der Waals surface area (Å²) in [6, 6.07) is 15.8. The monoisotopic (exact) mass is 413 g/mol. The number of carbonyl (C=O) groups is 1. The zero-order chi connectivity index (χ0) is 21.7. The van der Waals surface area contributed by atoms with Gasteiger partial charge in [-0.05, 0) is 50.2 Å². The highest BCUT2D eigenvalue weighted by Crippen LogP contribution is 2.44. The third-order valence-electron chi connectivity index (χ3n) is 5.89. The van der Waals surface area contributed by atoms with Gasteiger partial charge in [0.05, 0.1) is 25.7 Å². The molecule has 0 saturated carbocycles. The first-order chi connectivity index (χ1) is 14.4. The van der Waals surface area contributed by atoms with Gasteiger partial charge in [-0.2, -0.15) is 0 Å². The molecule has 3 rings (SSSR count). The maximum atomic E-state index is 13.1. The number of rotatable bonds is 9. The van der Waals surface area contributed by atoms with Gasteiger partial charge >= 0.3 is 5.97 Å². The summed E-state index contributed by atoms with van der Waals surface area (Å²) >= 11 is 0. The number of benzene rings is 2. The van der Waals surface area contributed by atoms with Crippen LogP contribution in [0.1, 0.15) is 30.9 Å². The highest BCUT2D eigenvalue weighted by Gasteiger charge is 2.51. The number of methoxy groups -OCH3 is 2. The number of aliphatic hydroxyl groups excluding tert-OH is 1. The van der Waals surface area contributed by atoms with Crippen molar-refractivity contribution in [3.63, 3.8) is 0 Å². The van der Waals surface area contributed by atoms with Crippen molar-refractivity contribution in [2.24, 2.45) is 0 Å². The fraction of sp³-hybridized carbons (Fsp3) is 0.458. The van der Waals surface area contributed by atoms with Gasteiger partial charge in [0.1, 0.15) is 6.10 Å². The molecule has 6 heteroatoms. The minimum atomic E-state index is -0.841. The Kier molecular flexibility index (Phi) is 7.00. The Morgan fingerprint density at radius 2 is 1.87 bits per heavy atom. The zero-order valence-corrected chi connectivity index (χ0v) is 18.1. The van der Waals surface area contributed by atoms with Gasteiger partial charge < -0.3 is 24.2 Å². The minimum Gasteiger partial charge on any atom is -0.493 e. The number of carbonyl (C=O) groups excluding carboxylic acids is 1. The van der Waals surface area contributed by atoms with Crippen LogP contribution in [0.25, 0.3) is 0 Å². The van der Waals surface area contributed by atoms with Gasteiger partial charge in [0, 0.05) is 13.0 Å². The highest BCUT2D eigenvalue weighted by molar-refractivity contribution is 5.85. The van der Waals surface area contributed by atoms with Gasteiger partial charge in [-0.3, -0.25) is 4.79 Å². The van der Waals surface area contributed by atoms with E-state index in [0.29, 0.717) is 30.9 Å². The fourth-order valence-corrected chi connectivity index (χ4v) is 4.06. The molecule has 1 N–H and O–H groups in total. The molecule has 1 fully saturated rings. The molecule has 3 atom stereocenters. The molecule has 6 nitrogen and oxygen atoms in total. The Morgan fingerprint density at radius 1 is 1.17 bits per heavy atom. The van der Waals surface area contributed by atoms with Gasteiger partial charge in [0.15, 0.2) is 11.5 Å². The van der Waals surface area contributed by atoms with Crippen molar-refractivity contribution in [2.45, 2.75) is 43.9 Å². The lowest BCUT2D eigenvalue weighted by molar-refractivity contribution is -0.148. The van der Waals surface area contributed by atoms with E-state index in [2.05, 4.69) is 17.0 Å². The van der Waals surface area contributed by atoms with E-state index < -0.39 is 17.6 Å². The molecule has 0 bridgehead atoms. The van der Waals surface area contributed by atoms with E-state index in [9.17, 15) is 9.90 Å². The summed E-state index contributed by atoms with van der Waals surface area (Å²) in [5.74, 6) is 0.880. The molecule has 2 aromatic carbocycles. The molecule has 1 aliphatic rings. The quantitative estimate of drug-likeness (QED) is 0.637. The van der Waals surface area contributed by atoms with E-state index in [1.165, 1.54) is 5.56 Å². The first kappa shape index (κ1) is 22.1. The maximum absolute atomic E-state index is 13.1. The predicted octanol–water partition coefficient (Wildman–Crippen LogP) is 3.16. The van der Waals surface area contributed by atoms with Gasteiger partial charge in [-0.25, -0.2) is 0 Å². The lowest BCUT2D eigenvalue weighted by atomic mass is 9.74. The van der Waals surface area contributed by atoms with Crippen molar-refractivity contribution in [1.29, 1.82) is 0 Å². The van der Waals surface area contributed by atoms with Crippen LogP contribution in [0.5, 0.6) is 11.5 Å². The standard InChI is InChI=1S/C24H31NO5/c1-17(26)22-15-24(23(27)30-22,19-10-11-20(28-3)21(14-19)29-4)12-13-25(2)16-18-8-6-5-7-9-18/h5-11,14,17,22,26H,12-13,15-16H2,1-4H3/t17-,22-,24-/m1/s1. The first-order valence-corrected chi connectivity index (χ1v) is 10.2. The number of hydrogen-bond acceptors (Lipinski definition) is 6. The Bertz CT molecular complexity index is 854. The second-order valence-corrected chi connectivity index (χ2v) is 8.01. The summed E-state index contributed by atoms with van der Waals surface area (Å²) in [6.45, 7) is 3.15. The van der Waals surface area contributed by atoms with Crippen molar-refractivity contribution in [3.05, 3.63) is 59.7 Å². The maximum Gasteiger partial charge on any atom is 0.317 e. The largest absolute Gasteiger partial charge is 0.493 e. The summed E-state index contributed by atoms with van der Waals surface area (Å²) < 4.78 is 16.4. The molecule has 30 heavy (non-hydrogen) atoms. The third kappa shape index (κ3) is 4.60. The van der Waals surface area contributed by atoms with Crippen molar-refractivity contribution >= 4 is 5.97 Å². The fourth-order valence-electron chi connectivity index (χ4n) is 4.06. The van der Waals surface area contributed by atoms with Crippen LogP contribution in [0.2, 0.25) is 0 Å². The normalized spacial score (nSPS) is 22.1. The van der Waals surface area contributed by atoms with E-state index >= 15 is 0 Å². The summed E-state index contributed by atoms with van der Waals surface area (Å²) in [7, 11) is 5.20. The van der Waals surface area contributed by atoms with E-state index in [1.54, 1.807) is 21.1 Å². The van der Waals surface area contributed by atoms with Gasteiger partial charge in [0.25, 0.3) is 0 Å². The smallest absolute Gasteiger partial charge is 0.317 e. The molecular weight excluding hydrogens is 382 g/mol. The van der Waals surface area contributed by atoms with Crippen LogP contribution in [0.3, 0.4) is 0 Å². The van der Waals surface area contributed by atoms with E-state index in [0.717, 1.165) is 12.1 Å². The average molecular weight is 414 g/mol. The Labute approximate surface area is 178 Å². The van der Waals surface area contributed by atoms with E-state index in [-0.39, 0.29) is 5.97 Å². The van der Waals surface area contributed by atoms with E-state index in [4.69, 9.17) is 14.2 Å². The number of ether oxygens (including phenoxy) is 3. The van der Waals surface area contributed by atoms with Crippen molar-refractivity contribution in [2.75, 3.05) is 27.8 Å². The van der Waals surface area contributed by atoms with Crippen LogP contribution in [-0.4, -0.2) is 56.0 Å². The lowest BCUT2D eigenvalue weighted by Crippen LogP contribution is -2.36. The summed E-state index contributed by atoms with van der Waals surface area (Å²) in [6.07, 6.45) is -0.241. The number of nitrogens with zero attached hydrogens (tertiary/aromatic N) is 1. The Morgan fingerprint density at radius 3 is 2.47 bits per heavy atom. The van der Waals surface area contributed by atoms with Gasteiger partial charge in [-0.1, -0.05) is 36.4 Å². The van der Waals surface area contributed by atoms with Crippen LogP contribution in [-0.2, 0) is 21.5 Å². The lowest BCUT2D eigenvalue weighted by Gasteiger charge is -2.29. The van der Waals surface area contributed by atoms with E-state index in [1.807, 2.05) is 43.4 Å². The van der Waals surface area contributed by atoms with Crippen molar-refractivity contribution in [3.8, 4) is 11.5 Å².